The summed E-state index contributed by atoms with van der Waals surface area (Å²) < 4.78 is 0. The maximum atomic E-state index is 11.7. The van der Waals surface area contributed by atoms with Crippen LogP contribution >= 0.6 is 0 Å². The molecule has 1 aromatic rings. The molecule has 1 fully saturated rings. The van der Waals surface area contributed by atoms with Crippen molar-refractivity contribution in [3.05, 3.63) is 35.9 Å². The van der Waals surface area contributed by atoms with Gasteiger partial charge in [-0.15, -0.1) is 0 Å². The van der Waals surface area contributed by atoms with Crippen molar-refractivity contribution in [3.8, 4) is 5.75 Å². The molecule has 0 saturated carbocycles. The average Bonchev–Trinajstić information content (AvgIpc) is 2.54. The molecule has 0 radical (unpaired) electrons. The summed E-state index contributed by atoms with van der Waals surface area (Å²) in [5.41, 5.74) is -0.0236. The molecule has 1 saturated heterocycles. The summed E-state index contributed by atoms with van der Waals surface area (Å²) in [6, 6.07) is 3.41. The van der Waals surface area contributed by atoms with Gasteiger partial charge in [-0.05, 0) is 18.2 Å². The van der Waals surface area contributed by atoms with E-state index >= 15 is 0 Å². The maximum absolute atomic E-state index is 11.7. The Labute approximate surface area is 102 Å². The monoisotopic (exact) mass is 247 g/mol. The fourth-order valence-electron chi connectivity index (χ4n) is 1.70. The van der Waals surface area contributed by atoms with Crippen molar-refractivity contribution in [1.29, 1.82) is 0 Å². The van der Waals surface area contributed by atoms with Gasteiger partial charge in [-0.2, -0.15) is 0 Å². The second-order valence-electron chi connectivity index (χ2n) is 3.82. The van der Waals surface area contributed by atoms with Crippen LogP contribution in [-0.4, -0.2) is 28.0 Å². The number of carboxylic acid groups (broad SMARTS) is 1. The Morgan fingerprint density at radius 1 is 1.33 bits per heavy atom. The topological polar surface area (TPSA) is 94.9 Å². The van der Waals surface area contributed by atoms with Crippen LogP contribution in [0.4, 0.5) is 5.69 Å². The molecule has 92 valence electrons. The Balaban J connectivity index is 2.46. The highest BCUT2D eigenvalue weighted by molar-refractivity contribution is 6.28. The van der Waals surface area contributed by atoms with Crippen LogP contribution in [0.5, 0.6) is 5.75 Å². The number of nitrogens with zero attached hydrogens (tertiary/aromatic N) is 1. The summed E-state index contributed by atoms with van der Waals surface area (Å²) in [7, 11) is 0. The van der Waals surface area contributed by atoms with Crippen LogP contribution in [0, 0.1) is 0 Å². The minimum absolute atomic E-state index is 0.0337. The number of amides is 2. The third kappa shape index (κ3) is 1.73. The van der Waals surface area contributed by atoms with E-state index in [2.05, 4.69) is 6.58 Å². The summed E-state index contributed by atoms with van der Waals surface area (Å²) in [4.78, 5) is 34.7. The van der Waals surface area contributed by atoms with Crippen molar-refractivity contribution in [1.82, 2.24) is 0 Å². The predicted molar refractivity (Wildman–Crippen MR) is 61.3 cm³/mol. The lowest BCUT2D eigenvalue weighted by Crippen LogP contribution is -2.29. The SMILES string of the molecule is C=C1CC(=O)N(c2ccc(C(=O)O)cc2O)C1=O. The van der Waals surface area contributed by atoms with Gasteiger partial charge >= 0.3 is 5.97 Å². The molecule has 0 atom stereocenters. The number of hydrogen-bond donors (Lipinski definition) is 2. The van der Waals surface area contributed by atoms with E-state index in [0.29, 0.717) is 0 Å². The van der Waals surface area contributed by atoms with Crippen LogP contribution in [-0.2, 0) is 9.59 Å². The molecular formula is C12H9NO5. The molecular weight excluding hydrogens is 238 g/mol. The number of phenols is 1. The van der Waals surface area contributed by atoms with E-state index in [-0.39, 0.29) is 23.2 Å². The van der Waals surface area contributed by atoms with E-state index in [4.69, 9.17) is 5.11 Å². The number of benzene rings is 1. The van der Waals surface area contributed by atoms with Crippen LogP contribution in [0.25, 0.3) is 0 Å². The molecule has 6 nitrogen and oxygen atoms in total. The Morgan fingerprint density at radius 3 is 2.44 bits per heavy atom. The van der Waals surface area contributed by atoms with Crippen molar-refractivity contribution >= 4 is 23.5 Å². The van der Waals surface area contributed by atoms with Crippen molar-refractivity contribution in [2.45, 2.75) is 6.42 Å². The molecule has 1 aliphatic rings. The Kier molecular flexibility index (Phi) is 2.63. The smallest absolute Gasteiger partial charge is 0.335 e. The Morgan fingerprint density at radius 2 is 2.00 bits per heavy atom. The molecule has 1 aliphatic heterocycles. The molecule has 1 heterocycles. The number of aromatic carboxylic acids is 1. The van der Waals surface area contributed by atoms with Gasteiger partial charge < -0.3 is 10.2 Å². The quantitative estimate of drug-likeness (QED) is 0.598. The molecule has 2 N–H and O–H groups in total. The van der Waals surface area contributed by atoms with E-state index in [0.717, 1.165) is 11.0 Å². The lowest BCUT2D eigenvalue weighted by molar-refractivity contribution is -0.120. The van der Waals surface area contributed by atoms with Gasteiger partial charge in [-0.25, -0.2) is 9.69 Å². The van der Waals surface area contributed by atoms with E-state index < -0.39 is 23.5 Å². The fraction of sp³-hybridized carbons (Fsp3) is 0.0833. The van der Waals surface area contributed by atoms with Gasteiger partial charge in [0, 0.05) is 5.57 Å². The first kappa shape index (κ1) is 11.8. The Bertz CT molecular complexity index is 590. The van der Waals surface area contributed by atoms with Crippen molar-refractivity contribution in [2.75, 3.05) is 4.90 Å². The van der Waals surface area contributed by atoms with Gasteiger partial charge in [-0.1, -0.05) is 6.58 Å². The van der Waals surface area contributed by atoms with Gasteiger partial charge in [0.05, 0.1) is 17.7 Å². The number of phenolic OH excluding ortho intramolecular Hbond substituents is 1. The highest BCUT2D eigenvalue weighted by Gasteiger charge is 2.35. The molecule has 6 heteroatoms. The maximum Gasteiger partial charge on any atom is 0.335 e. The molecule has 0 aliphatic carbocycles. The zero-order valence-corrected chi connectivity index (χ0v) is 9.21. The summed E-state index contributed by atoms with van der Waals surface area (Å²) >= 11 is 0. The number of aromatic hydroxyl groups is 1. The van der Waals surface area contributed by atoms with Crippen molar-refractivity contribution in [3.63, 3.8) is 0 Å². The zero-order chi connectivity index (χ0) is 13.4. The van der Waals surface area contributed by atoms with Gasteiger partial charge in [0.2, 0.25) is 5.91 Å². The zero-order valence-electron chi connectivity index (χ0n) is 9.21. The van der Waals surface area contributed by atoms with Crippen LogP contribution in [0.2, 0.25) is 0 Å². The summed E-state index contributed by atoms with van der Waals surface area (Å²) in [5.74, 6) is -2.73. The van der Waals surface area contributed by atoms with Gasteiger partial charge in [-0.3, -0.25) is 9.59 Å². The third-order valence-corrected chi connectivity index (χ3v) is 2.58. The van der Waals surface area contributed by atoms with E-state index in [1.54, 1.807) is 0 Å². The molecule has 2 amide bonds. The number of anilines is 1. The van der Waals surface area contributed by atoms with Crippen molar-refractivity contribution in [2.24, 2.45) is 0 Å². The lowest BCUT2D eigenvalue weighted by Gasteiger charge is -2.15. The standard InChI is InChI=1S/C12H9NO5/c1-6-4-10(15)13(11(6)16)8-3-2-7(12(17)18)5-9(8)14/h2-3,5,14H,1,4H2,(H,17,18). The number of carbonyl (C=O) groups is 3. The molecule has 1 aromatic carbocycles. The number of hydrogen-bond acceptors (Lipinski definition) is 4. The lowest BCUT2D eigenvalue weighted by atomic mass is 10.2. The first-order valence-electron chi connectivity index (χ1n) is 5.03. The first-order chi connectivity index (χ1) is 8.41. The molecule has 0 spiro atoms. The molecule has 0 unspecified atom stereocenters. The number of rotatable bonds is 2. The molecule has 2 rings (SSSR count). The summed E-state index contributed by atoms with van der Waals surface area (Å²) in [6.45, 7) is 3.45. The molecule has 0 bridgehead atoms. The average molecular weight is 247 g/mol. The minimum Gasteiger partial charge on any atom is -0.506 e. The van der Waals surface area contributed by atoms with Gasteiger partial charge in [0.25, 0.3) is 5.91 Å². The first-order valence-corrected chi connectivity index (χ1v) is 5.03. The Hall–Kier alpha value is -2.63. The van der Waals surface area contributed by atoms with Gasteiger partial charge in [0.15, 0.2) is 0 Å². The minimum atomic E-state index is -1.21. The van der Waals surface area contributed by atoms with E-state index in [1.807, 2.05) is 0 Å². The van der Waals surface area contributed by atoms with Crippen LogP contribution in [0.1, 0.15) is 16.8 Å². The number of imide groups is 1. The van der Waals surface area contributed by atoms with Crippen molar-refractivity contribution < 1.29 is 24.6 Å². The largest absolute Gasteiger partial charge is 0.506 e. The van der Waals surface area contributed by atoms with E-state index in [1.165, 1.54) is 12.1 Å². The predicted octanol–water partition coefficient (Wildman–Crippen LogP) is 0.910. The van der Waals surface area contributed by atoms with Gasteiger partial charge in [0.1, 0.15) is 5.75 Å². The fourth-order valence-corrected chi connectivity index (χ4v) is 1.70. The van der Waals surface area contributed by atoms with E-state index in [9.17, 15) is 19.5 Å². The number of carboxylic acids is 1. The second-order valence-corrected chi connectivity index (χ2v) is 3.82. The third-order valence-electron chi connectivity index (χ3n) is 2.58. The molecule has 0 aromatic heterocycles. The summed E-state index contributed by atoms with van der Waals surface area (Å²) in [5, 5.41) is 18.4. The summed E-state index contributed by atoms with van der Waals surface area (Å²) in [6.07, 6.45) is -0.0983. The molecule has 18 heavy (non-hydrogen) atoms. The van der Waals surface area contributed by atoms with Crippen LogP contribution in [0.3, 0.4) is 0 Å². The van der Waals surface area contributed by atoms with Crippen LogP contribution < -0.4 is 4.90 Å². The van der Waals surface area contributed by atoms with Crippen LogP contribution in [0.15, 0.2) is 30.4 Å². The highest BCUT2D eigenvalue weighted by atomic mass is 16.4. The second kappa shape index (κ2) is 3.99. The normalized spacial score (nSPS) is 15.3. The highest BCUT2D eigenvalue weighted by Crippen LogP contribution is 2.33. The number of carbonyl (C=O) groups excluding carboxylic acids is 2.